The molecule has 0 N–H and O–H groups in total. The summed E-state index contributed by atoms with van der Waals surface area (Å²) in [4.78, 5) is 14.5. The third kappa shape index (κ3) is 5.12. The zero-order valence-corrected chi connectivity index (χ0v) is 17.0. The van der Waals surface area contributed by atoms with Gasteiger partial charge in [-0.25, -0.2) is 4.79 Å². The predicted molar refractivity (Wildman–Crippen MR) is 107 cm³/mol. The third-order valence-corrected chi connectivity index (χ3v) is 7.33. The Morgan fingerprint density at radius 2 is 1.15 bits per heavy atom. The Hall–Kier alpha value is -0.830. The van der Waals surface area contributed by atoms with Gasteiger partial charge in [-0.1, -0.05) is 20.4 Å². The van der Waals surface area contributed by atoms with E-state index in [0.717, 1.165) is 36.8 Å². The van der Waals surface area contributed by atoms with E-state index in [1.54, 1.807) is 0 Å². The molecule has 0 spiro atoms. The fourth-order valence-corrected chi connectivity index (χ4v) is 5.65. The number of ether oxygens (including phenoxy) is 1. The Morgan fingerprint density at radius 3 is 1.54 bits per heavy atom. The average Bonchev–Trinajstić information content (AvgIpc) is 2.66. The molecule has 0 heterocycles. The van der Waals surface area contributed by atoms with Crippen molar-refractivity contribution in [3.63, 3.8) is 0 Å². The first kappa shape index (κ1) is 19.9. The van der Waals surface area contributed by atoms with Gasteiger partial charge in [0.2, 0.25) is 0 Å². The van der Waals surface area contributed by atoms with Gasteiger partial charge >= 0.3 is 5.97 Å². The maximum Gasteiger partial charge on any atom is 0.330 e. The smallest absolute Gasteiger partial charge is 0.330 e. The van der Waals surface area contributed by atoms with Gasteiger partial charge in [0.25, 0.3) is 0 Å². The number of esters is 1. The summed E-state index contributed by atoms with van der Waals surface area (Å²) in [6.07, 6.45) is 17.0. The van der Waals surface area contributed by atoms with Crippen LogP contribution in [0.5, 0.6) is 0 Å². The van der Waals surface area contributed by atoms with Gasteiger partial charge in [-0.05, 0) is 88.9 Å². The van der Waals surface area contributed by atoms with E-state index in [2.05, 4.69) is 25.3 Å². The van der Waals surface area contributed by atoms with Crippen molar-refractivity contribution >= 4 is 5.97 Å². The number of hydrogen-bond donors (Lipinski definition) is 0. The summed E-state index contributed by atoms with van der Waals surface area (Å²) in [6, 6.07) is 2.29. The molecule has 3 saturated carbocycles. The molecule has 0 aliphatic heterocycles. The first-order chi connectivity index (χ1) is 12.6. The number of nitrogens with zero attached hydrogens (tertiary/aromatic N) is 1. The molecule has 0 amide bonds. The normalized spacial score (nSPS) is 38.7. The molecule has 3 aliphatic carbocycles. The highest BCUT2D eigenvalue weighted by Crippen LogP contribution is 2.38. The standard InChI is InChI=1S/C23H39NO2/c1-4-23(25)26-22-15-13-21(14-16-22)24(19-9-5-17(2)6-10-19)20-11-7-18(3)8-12-20/h4,17-22H,1,5-16H2,2-3H3. The van der Waals surface area contributed by atoms with E-state index in [-0.39, 0.29) is 12.1 Å². The van der Waals surface area contributed by atoms with Crippen LogP contribution >= 0.6 is 0 Å². The second-order valence-electron chi connectivity index (χ2n) is 9.35. The van der Waals surface area contributed by atoms with E-state index < -0.39 is 0 Å². The van der Waals surface area contributed by atoms with Crippen LogP contribution in [0, 0.1) is 11.8 Å². The highest BCUT2D eigenvalue weighted by Gasteiger charge is 2.37. The van der Waals surface area contributed by atoms with Crippen molar-refractivity contribution in [2.75, 3.05) is 0 Å². The van der Waals surface area contributed by atoms with Crippen molar-refractivity contribution in [2.24, 2.45) is 11.8 Å². The summed E-state index contributed by atoms with van der Waals surface area (Å²) in [5.41, 5.74) is 0. The van der Waals surface area contributed by atoms with E-state index in [0.29, 0.717) is 6.04 Å². The summed E-state index contributed by atoms with van der Waals surface area (Å²) >= 11 is 0. The molecule has 3 fully saturated rings. The van der Waals surface area contributed by atoms with Gasteiger partial charge in [0.15, 0.2) is 0 Å². The van der Waals surface area contributed by atoms with Crippen LogP contribution in [0.3, 0.4) is 0 Å². The van der Waals surface area contributed by atoms with Gasteiger partial charge in [0.05, 0.1) is 0 Å². The first-order valence-electron chi connectivity index (χ1n) is 11.2. The van der Waals surface area contributed by atoms with Crippen LogP contribution in [0.4, 0.5) is 0 Å². The minimum Gasteiger partial charge on any atom is -0.459 e. The molecule has 3 nitrogen and oxygen atoms in total. The molecule has 148 valence electrons. The van der Waals surface area contributed by atoms with E-state index >= 15 is 0 Å². The molecule has 0 bridgehead atoms. The number of rotatable bonds is 5. The molecule has 3 heteroatoms. The molecule has 3 rings (SSSR count). The van der Waals surface area contributed by atoms with Crippen molar-refractivity contribution < 1.29 is 9.53 Å². The molecular weight excluding hydrogens is 322 g/mol. The topological polar surface area (TPSA) is 29.5 Å². The number of hydrogen-bond acceptors (Lipinski definition) is 3. The molecular formula is C23H39NO2. The largest absolute Gasteiger partial charge is 0.459 e. The maximum absolute atomic E-state index is 11.5. The Bertz CT molecular complexity index is 431. The number of carbonyl (C=O) groups is 1. The lowest BCUT2D eigenvalue weighted by Gasteiger charge is -2.49. The van der Waals surface area contributed by atoms with Gasteiger partial charge in [-0.3, -0.25) is 4.90 Å². The van der Waals surface area contributed by atoms with Crippen molar-refractivity contribution in [2.45, 2.75) is 115 Å². The van der Waals surface area contributed by atoms with Crippen molar-refractivity contribution in [3.8, 4) is 0 Å². The summed E-state index contributed by atoms with van der Waals surface area (Å²) in [5.74, 6) is 1.56. The quantitative estimate of drug-likeness (QED) is 0.479. The van der Waals surface area contributed by atoms with Gasteiger partial charge < -0.3 is 4.74 Å². The molecule has 26 heavy (non-hydrogen) atoms. The van der Waals surface area contributed by atoms with Crippen LogP contribution in [0.1, 0.15) is 90.9 Å². The highest BCUT2D eigenvalue weighted by atomic mass is 16.5. The van der Waals surface area contributed by atoms with E-state index in [4.69, 9.17) is 4.74 Å². The Balaban J connectivity index is 1.62. The molecule has 0 aromatic rings. The van der Waals surface area contributed by atoms with Crippen LogP contribution in [0.15, 0.2) is 12.7 Å². The van der Waals surface area contributed by atoms with Crippen LogP contribution < -0.4 is 0 Å². The molecule has 0 aromatic heterocycles. The highest BCUT2D eigenvalue weighted by molar-refractivity contribution is 5.81. The fraction of sp³-hybridized carbons (Fsp3) is 0.870. The lowest BCUT2D eigenvalue weighted by molar-refractivity contribution is -0.145. The molecule has 0 radical (unpaired) electrons. The lowest BCUT2D eigenvalue weighted by atomic mass is 9.79. The molecule has 0 saturated heterocycles. The summed E-state index contributed by atoms with van der Waals surface area (Å²) in [6.45, 7) is 8.36. The predicted octanol–water partition coefficient (Wildman–Crippen LogP) is 5.49. The molecule has 3 aliphatic rings. The van der Waals surface area contributed by atoms with E-state index in [1.165, 1.54) is 70.3 Å². The average molecular weight is 362 g/mol. The summed E-state index contributed by atoms with van der Waals surface area (Å²) in [5, 5.41) is 0. The number of carbonyl (C=O) groups excluding carboxylic acids is 1. The lowest BCUT2D eigenvalue weighted by Crippen LogP contribution is -2.53. The summed E-state index contributed by atoms with van der Waals surface area (Å²) < 4.78 is 5.51. The monoisotopic (exact) mass is 361 g/mol. The SMILES string of the molecule is C=CC(=O)OC1CCC(N(C2CCC(C)CC2)C2CCC(C)CC2)CC1. The van der Waals surface area contributed by atoms with Crippen LogP contribution in [0.25, 0.3) is 0 Å². The Morgan fingerprint density at radius 1 is 0.769 bits per heavy atom. The third-order valence-electron chi connectivity index (χ3n) is 7.33. The minimum atomic E-state index is -0.257. The molecule has 0 aromatic carbocycles. The van der Waals surface area contributed by atoms with Gasteiger partial charge in [0.1, 0.15) is 6.10 Å². The van der Waals surface area contributed by atoms with Gasteiger partial charge in [-0.15, -0.1) is 0 Å². The molecule has 0 unspecified atom stereocenters. The van der Waals surface area contributed by atoms with Crippen molar-refractivity contribution in [1.29, 1.82) is 0 Å². The van der Waals surface area contributed by atoms with Crippen LogP contribution in [-0.2, 0) is 9.53 Å². The Labute approximate surface area is 160 Å². The van der Waals surface area contributed by atoms with E-state index in [1.807, 2.05) is 0 Å². The van der Waals surface area contributed by atoms with E-state index in [9.17, 15) is 4.79 Å². The van der Waals surface area contributed by atoms with Gasteiger partial charge in [0, 0.05) is 24.2 Å². The van der Waals surface area contributed by atoms with Crippen molar-refractivity contribution in [3.05, 3.63) is 12.7 Å². The fourth-order valence-electron chi connectivity index (χ4n) is 5.65. The zero-order valence-electron chi connectivity index (χ0n) is 17.0. The zero-order chi connectivity index (χ0) is 18.5. The second-order valence-corrected chi connectivity index (χ2v) is 9.35. The summed E-state index contributed by atoms with van der Waals surface area (Å²) in [7, 11) is 0. The molecule has 0 atom stereocenters. The maximum atomic E-state index is 11.5. The van der Waals surface area contributed by atoms with Gasteiger partial charge in [-0.2, -0.15) is 0 Å². The Kier molecular flexibility index (Phi) is 7.19. The van der Waals surface area contributed by atoms with Crippen molar-refractivity contribution in [1.82, 2.24) is 4.90 Å². The van der Waals surface area contributed by atoms with Crippen LogP contribution in [0.2, 0.25) is 0 Å². The van der Waals surface area contributed by atoms with Crippen LogP contribution in [-0.4, -0.2) is 35.1 Å². The minimum absolute atomic E-state index is 0.108. The first-order valence-corrected chi connectivity index (χ1v) is 11.2. The second kappa shape index (κ2) is 9.39.